The van der Waals surface area contributed by atoms with Crippen LogP contribution in [0, 0.1) is 6.92 Å². The van der Waals surface area contributed by atoms with E-state index in [1.165, 1.54) is 29.7 Å². The van der Waals surface area contributed by atoms with Gasteiger partial charge in [0.15, 0.2) is 0 Å². The van der Waals surface area contributed by atoms with E-state index in [0.717, 1.165) is 26.2 Å². The molecule has 0 spiro atoms. The van der Waals surface area contributed by atoms with Gasteiger partial charge >= 0.3 is 0 Å². The van der Waals surface area contributed by atoms with Crippen LogP contribution >= 0.6 is 0 Å². The maximum atomic E-state index is 5.83. The summed E-state index contributed by atoms with van der Waals surface area (Å²) in [5.41, 5.74) is 3.89. The molecule has 1 saturated heterocycles. The highest BCUT2D eigenvalue weighted by molar-refractivity contribution is 5.17. The van der Waals surface area contributed by atoms with Crippen molar-refractivity contribution in [3.8, 4) is 0 Å². The maximum Gasteiger partial charge on any atom is 0.0703 e. The minimum atomic E-state index is 0.376. The van der Waals surface area contributed by atoms with E-state index in [4.69, 9.17) is 4.74 Å². The van der Waals surface area contributed by atoms with Crippen LogP contribution in [-0.2, 0) is 24.9 Å². The lowest BCUT2D eigenvalue weighted by molar-refractivity contribution is 0.0678. The van der Waals surface area contributed by atoms with Gasteiger partial charge in [-0.25, -0.2) is 0 Å². The van der Waals surface area contributed by atoms with Gasteiger partial charge in [0.2, 0.25) is 0 Å². The Hall–Kier alpha value is -1.65. The standard InChI is InChI=1S/C18H25N3O/c1-15-17(11-19-20(15)2)13-21(14-18-9-6-10-22-18)12-16-7-4-3-5-8-16/h3-5,7-8,11,18H,6,9-10,12-14H2,1-2H3. The molecule has 1 atom stereocenters. The lowest BCUT2D eigenvalue weighted by atomic mass is 10.1. The highest BCUT2D eigenvalue weighted by Gasteiger charge is 2.20. The van der Waals surface area contributed by atoms with Crippen LogP contribution in [0.4, 0.5) is 0 Å². The van der Waals surface area contributed by atoms with Crippen molar-refractivity contribution in [1.82, 2.24) is 14.7 Å². The predicted molar refractivity (Wildman–Crippen MR) is 87.5 cm³/mol. The molecule has 1 aliphatic heterocycles. The lowest BCUT2D eigenvalue weighted by Gasteiger charge is -2.25. The molecule has 4 heteroatoms. The summed E-state index contributed by atoms with van der Waals surface area (Å²) in [5, 5.41) is 4.37. The van der Waals surface area contributed by atoms with Crippen LogP contribution in [0.15, 0.2) is 36.5 Å². The van der Waals surface area contributed by atoms with Crippen molar-refractivity contribution < 1.29 is 4.74 Å². The highest BCUT2D eigenvalue weighted by atomic mass is 16.5. The molecule has 3 rings (SSSR count). The zero-order valence-electron chi connectivity index (χ0n) is 13.5. The Kier molecular flexibility index (Phi) is 4.90. The van der Waals surface area contributed by atoms with E-state index in [9.17, 15) is 0 Å². The average molecular weight is 299 g/mol. The first-order chi connectivity index (χ1) is 10.7. The second-order valence-corrected chi connectivity index (χ2v) is 6.17. The first-order valence-corrected chi connectivity index (χ1v) is 8.08. The van der Waals surface area contributed by atoms with Crippen LogP contribution in [0.1, 0.15) is 29.7 Å². The smallest absolute Gasteiger partial charge is 0.0703 e. The van der Waals surface area contributed by atoms with Gasteiger partial charge in [0.05, 0.1) is 12.3 Å². The van der Waals surface area contributed by atoms with Gasteiger partial charge in [-0.3, -0.25) is 9.58 Å². The second kappa shape index (κ2) is 7.07. The minimum absolute atomic E-state index is 0.376. The SMILES string of the molecule is Cc1c(CN(Cc2ccccc2)CC2CCCO2)cnn1C. The second-order valence-electron chi connectivity index (χ2n) is 6.17. The normalized spacial score (nSPS) is 18.2. The molecule has 0 radical (unpaired) electrons. The zero-order chi connectivity index (χ0) is 15.4. The summed E-state index contributed by atoms with van der Waals surface area (Å²) >= 11 is 0. The van der Waals surface area contributed by atoms with Gasteiger partial charge in [-0.1, -0.05) is 30.3 Å². The maximum absolute atomic E-state index is 5.83. The van der Waals surface area contributed by atoms with Gasteiger partial charge in [0.25, 0.3) is 0 Å². The van der Waals surface area contributed by atoms with E-state index >= 15 is 0 Å². The quantitative estimate of drug-likeness (QED) is 0.821. The fourth-order valence-corrected chi connectivity index (χ4v) is 3.04. The number of hydrogen-bond donors (Lipinski definition) is 0. The van der Waals surface area contributed by atoms with Crippen LogP contribution in [0.25, 0.3) is 0 Å². The van der Waals surface area contributed by atoms with Gasteiger partial charge in [-0.05, 0) is 25.3 Å². The van der Waals surface area contributed by atoms with E-state index in [1.807, 2.05) is 17.9 Å². The Balaban J connectivity index is 1.71. The molecular formula is C18H25N3O. The fourth-order valence-electron chi connectivity index (χ4n) is 3.04. The number of nitrogens with zero attached hydrogens (tertiary/aromatic N) is 3. The highest BCUT2D eigenvalue weighted by Crippen LogP contribution is 2.18. The summed E-state index contributed by atoms with van der Waals surface area (Å²) < 4.78 is 7.78. The van der Waals surface area contributed by atoms with Crippen molar-refractivity contribution in [1.29, 1.82) is 0 Å². The number of aryl methyl sites for hydroxylation is 1. The molecule has 22 heavy (non-hydrogen) atoms. The van der Waals surface area contributed by atoms with E-state index < -0.39 is 0 Å². The molecule has 1 aromatic carbocycles. The van der Waals surface area contributed by atoms with Crippen molar-refractivity contribution in [2.24, 2.45) is 7.05 Å². The van der Waals surface area contributed by atoms with E-state index in [2.05, 4.69) is 47.3 Å². The molecule has 118 valence electrons. The Labute approximate surface area is 132 Å². The average Bonchev–Trinajstić information content (AvgIpc) is 3.14. The monoisotopic (exact) mass is 299 g/mol. The largest absolute Gasteiger partial charge is 0.377 e. The Morgan fingerprint density at radius 2 is 2.09 bits per heavy atom. The van der Waals surface area contributed by atoms with Gasteiger partial charge in [0, 0.05) is 44.5 Å². The predicted octanol–water partition coefficient (Wildman–Crippen LogP) is 2.91. The summed E-state index contributed by atoms with van der Waals surface area (Å²) in [7, 11) is 2.00. The molecule has 4 nitrogen and oxygen atoms in total. The first-order valence-electron chi connectivity index (χ1n) is 8.08. The van der Waals surface area contributed by atoms with Crippen LogP contribution in [0.5, 0.6) is 0 Å². The van der Waals surface area contributed by atoms with E-state index in [0.29, 0.717) is 6.10 Å². The Morgan fingerprint density at radius 1 is 1.27 bits per heavy atom. The minimum Gasteiger partial charge on any atom is -0.377 e. The van der Waals surface area contributed by atoms with Crippen LogP contribution in [0.2, 0.25) is 0 Å². The summed E-state index contributed by atoms with van der Waals surface area (Å²) in [6.45, 7) is 5.91. The molecule has 1 aliphatic rings. The molecule has 1 aromatic heterocycles. The molecule has 1 fully saturated rings. The van der Waals surface area contributed by atoms with E-state index in [1.54, 1.807) is 0 Å². The van der Waals surface area contributed by atoms with Crippen LogP contribution < -0.4 is 0 Å². The zero-order valence-corrected chi connectivity index (χ0v) is 13.5. The van der Waals surface area contributed by atoms with Crippen LogP contribution in [0.3, 0.4) is 0 Å². The summed E-state index contributed by atoms with van der Waals surface area (Å²) in [6, 6.07) is 10.7. The van der Waals surface area contributed by atoms with Gasteiger partial charge in [-0.2, -0.15) is 5.10 Å². The molecule has 0 N–H and O–H groups in total. The number of aromatic nitrogens is 2. The molecule has 2 aromatic rings. The van der Waals surface area contributed by atoms with Crippen LogP contribution in [-0.4, -0.2) is 33.9 Å². The molecule has 2 heterocycles. The summed E-state index contributed by atoms with van der Waals surface area (Å²) in [6.07, 6.45) is 4.73. The lowest BCUT2D eigenvalue weighted by Crippen LogP contribution is -2.31. The first kappa shape index (κ1) is 15.3. The molecule has 0 saturated carbocycles. The Bertz CT molecular complexity index is 588. The Morgan fingerprint density at radius 3 is 2.73 bits per heavy atom. The molecule has 0 bridgehead atoms. The third-order valence-corrected chi connectivity index (χ3v) is 4.47. The number of ether oxygens (including phenoxy) is 1. The number of benzene rings is 1. The van der Waals surface area contributed by atoms with Gasteiger partial charge < -0.3 is 4.74 Å². The topological polar surface area (TPSA) is 30.3 Å². The van der Waals surface area contributed by atoms with E-state index in [-0.39, 0.29) is 0 Å². The molecule has 0 aliphatic carbocycles. The van der Waals surface area contributed by atoms with Crippen molar-refractivity contribution in [2.45, 2.75) is 39.0 Å². The van der Waals surface area contributed by atoms with Crippen molar-refractivity contribution in [3.63, 3.8) is 0 Å². The molecule has 1 unspecified atom stereocenters. The fraction of sp³-hybridized carbons (Fsp3) is 0.500. The van der Waals surface area contributed by atoms with Gasteiger partial charge in [0.1, 0.15) is 0 Å². The van der Waals surface area contributed by atoms with Gasteiger partial charge in [-0.15, -0.1) is 0 Å². The van der Waals surface area contributed by atoms with Crippen molar-refractivity contribution >= 4 is 0 Å². The third kappa shape index (κ3) is 3.76. The number of rotatable bonds is 6. The molecule has 0 amide bonds. The van der Waals surface area contributed by atoms with Crippen molar-refractivity contribution in [2.75, 3.05) is 13.2 Å². The third-order valence-electron chi connectivity index (χ3n) is 4.47. The summed E-state index contributed by atoms with van der Waals surface area (Å²) in [5.74, 6) is 0. The number of hydrogen-bond acceptors (Lipinski definition) is 3. The van der Waals surface area contributed by atoms with Crippen molar-refractivity contribution in [3.05, 3.63) is 53.3 Å². The molecular weight excluding hydrogens is 274 g/mol. The summed E-state index contributed by atoms with van der Waals surface area (Å²) in [4.78, 5) is 2.48.